The Labute approximate surface area is 82.1 Å². The van der Waals surface area contributed by atoms with Gasteiger partial charge in [0, 0.05) is 0 Å². The van der Waals surface area contributed by atoms with Crippen LogP contribution in [-0.4, -0.2) is 41.8 Å². The van der Waals surface area contributed by atoms with E-state index >= 15 is 0 Å². The average Bonchev–Trinajstić information content (AvgIpc) is 1.89. The molecule has 0 aromatic heterocycles. The van der Waals surface area contributed by atoms with Crippen molar-refractivity contribution in [2.75, 3.05) is 7.11 Å². The fraction of sp³-hybridized carbons (Fsp3) is 0.143. The van der Waals surface area contributed by atoms with Gasteiger partial charge in [-0.3, -0.25) is 0 Å². The Kier molecular flexibility index (Phi) is 4.52. The van der Waals surface area contributed by atoms with Crippen LogP contribution >= 0.6 is 0 Å². The molecule has 0 bridgehead atoms. The number of benzene rings is 1. The molecule has 0 saturated heterocycles. The van der Waals surface area contributed by atoms with E-state index in [2.05, 4.69) is 0 Å². The molecule has 50 valence electrons. The van der Waals surface area contributed by atoms with Gasteiger partial charge in [-0.1, -0.05) is 12.1 Å². The van der Waals surface area contributed by atoms with Crippen molar-refractivity contribution in [2.45, 2.75) is 0 Å². The molecule has 1 aromatic rings. The number of para-hydroxylation sites is 2. The summed E-state index contributed by atoms with van der Waals surface area (Å²) < 4.78 is 4.79. The van der Waals surface area contributed by atoms with Crippen molar-refractivity contribution in [3.63, 3.8) is 0 Å². The van der Waals surface area contributed by atoms with Crippen LogP contribution in [0.3, 0.4) is 0 Å². The second-order valence-electron chi connectivity index (χ2n) is 1.67. The topological polar surface area (TPSA) is 29.5 Å². The Morgan fingerprint density at radius 3 is 2.30 bits per heavy atom. The van der Waals surface area contributed by atoms with E-state index in [1.165, 1.54) is 7.11 Å². The van der Waals surface area contributed by atoms with Gasteiger partial charge < -0.3 is 9.84 Å². The van der Waals surface area contributed by atoms with Gasteiger partial charge in [0.25, 0.3) is 0 Å². The van der Waals surface area contributed by atoms with Crippen LogP contribution in [0, 0.1) is 0 Å². The number of rotatable bonds is 1. The molecule has 0 unspecified atom stereocenters. The van der Waals surface area contributed by atoms with Gasteiger partial charge in [-0.25, -0.2) is 0 Å². The number of phenolic OH excluding ortho intramolecular Hbond substituents is 1. The van der Waals surface area contributed by atoms with E-state index in [0.717, 1.165) is 0 Å². The molecule has 0 radical (unpaired) electrons. The van der Waals surface area contributed by atoms with E-state index < -0.39 is 0 Å². The monoisotopic (exact) mass is 148 g/mol. The molecule has 3 heteroatoms. The quantitative estimate of drug-likeness (QED) is 0.595. The molecule has 2 nitrogen and oxygen atoms in total. The van der Waals surface area contributed by atoms with E-state index in [1.807, 2.05) is 0 Å². The van der Waals surface area contributed by atoms with Crippen molar-refractivity contribution in [1.82, 2.24) is 0 Å². The van der Waals surface area contributed by atoms with Gasteiger partial charge in [0.1, 0.15) is 0 Å². The summed E-state index contributed by atoms with van der Waals surface area (Å²) in [5.74, 6) is 0.692. The molecule has 1 aromatic carbocycles. The molecule has 10 heavy (non-hydrogen) atoms. The first kappa shape index (κ1) is 9.82. The number of methoxy groups -OCH3 is 1. The molecule has 0 aliphatic carbocycles. The standard InChI is InChI=1S/C7H8O2.Na.H/c1-9-7-5-3-2-4-6(7)8;;/h2-5,8H,1H3;;. The van der Waals surface area contributed by atoms with Gasteiger partial charge >= 0.3 is 29.6 Å². The van der Waals surface area contributed by atoms with Crippen molar-refractivity contribution in [1.29, 1.82) is 0 Å². The van der Waals surface area contributed by atoms with Gasteiger partial charge in [-0.15, -0.1) is 0 Å². The van der Waals surface area contributed by atoms with Crippen LogP contribution in [0.2, 0.25) is 0 Å². The first-order valence-corrected chi connectivity index (χ1v) is 2.66. The number of ether oxygens (including phenoxy) is 1. The molecular formula is C7H9NaO2. The Bertz CT molecular complexity index is 201. The van der Waals surface area contributed by atoms with Gasteiger partial charge in [-0.2, -0.15) is 0 Å². The van der Waals surface area contributed by atoms with Crippen LogP contribution in [0.4, 0.5) is 0 Å². The maximum atomic E-state index is 8.99. The van der Waals surface area contributed by atoms with Crippen LogP contribution in [0.1, 0.15) is 0 Å². The zero-order chi connectivity index (χ0) is 6.69. The second-order valence-corrected chi connectivity index (χ2v) is 1.67. The molecule has 0 aliphatic heterocycles. The first-order chi connectivity index (χ1) is 4.34. The summed E-state index contributed by atoms with van der Waals surface area (Å²) in [7, 11) is 1.52. The van der Waals surface area contributed by atoms with E-state index in [0.29, 0.717) is 5.75 Å². The zero-order valence-corrected chi connectivity index (χ0v) is 5.16. The molecule has 0 fully saturated rings. The summed E-state index contributed by atoms with van der Waals surface area (Å²) in [6.07, 6.45) is 0. The Hall–Kier alpha value is -0.180. The number of hydrogen-bond acceptors (Lipinski definition) is 2. The summed E-state index contributed by atoms with van der Waals surface area (Å²) in [6, 6.07) is 6.84. The third kappa shape index (κ3) is 2.21. The molecule has 0 atom stereocenters. The van der Waals surface area contributed by atoms with Crippen molar-refractivity contribution in [3.05, 3.63) is 24.3 Å². The molecule has 0 spiro atoms. The van der Waals surface area contributed by atoms with E-state index in [9.17, 15) is 0 Å². The van der Waals surface area contributed by atoms with E-state index in [1.54, 1.807) is 24.3 Å². The third-order valence-electron chi connectivity index (χ3n) is 1.09. The minimum atomic E-state index is 0. The van der Waals surface area contributed by atoms with Crippen molar-refractivity contribution in [2.24, 2.45) is 0 Å². The fourth-order valence-corrected chi connectivity index (χ4v) is 0.630. The summed E-state index contributed by atoms with van der Waals surface area (Å²) in [4.78, 5) is 0. The Balaban J connectivity index is 0.000000810. The Morgan fingerprint density at radius 2 is 1.90 bits per heavy atom. The fourth-order valence-electron chi connectivity index (χ4n) is 0.630. The minimum absolute atomic E-state index is 0. The van der Waals surface area contributed by atoms with E-state index in [-0.39, 0.29) is 35.3 Å². The van der Waals surface area contributed by atoms with Crippen molar-refractivity contribution < 1.29 is 9.84 Å². The maximum absolute atomic E-state index is 8.99. The predicted octanol–water partition coefficient (Wildman–Crippen LogP) is 0.752. The first-order valence-electron chi connectivity index (χ1n) is 2.66. The van der Waals surface area contributed by atoms with Gasteiger partial charge in [0.15, 0.2) is 11.5 Å². The van der Waals surface area contributed by atoms with Crippen LogP contribution in [0.5, 0.6) is 11.5 Å². The zero-order valence-electron chi connectivity index (χ0n) is 5.16. The number of aromatic hydroxyl groups is 1. The van der Waals surface area contributed by atoms with Crippen LogP contribution < -0.4 is 4.74 Å². The van der Waals surface area contributed by atoms with Crippen LogP contribution in [0.25, 0.3) is 0 Å². The Morgan fingerprint density at radius 1 is 1.30 bits per heavy atom. The number of phenols is 1. The third-order valence-corrected chi connectivity index (χ3v) is 1.09. The molecule has 1 rings (SSSR count). The van der Waals surface area contributed by atoms with E-state index in [4.69, 9.17) is 9.84 Å². The van der Waals surface area contributed by atoms with Gasteiger partial charge in [0.2, 0.25) is 0 Å². The summed E-state index contributed by atoms with van der Waals surface area (Å²) >= 11 is 0. The number of hydrogen-bond donors (Lipinski definition) is 1. The summed E-state index contributed by atoms with van der Waals surface area (Å²) in [6.45, 7) is 0. The van der Waals surface area contributed by atoms with Crippen molar-refractivity contribution >= 4 is 29.6 Å². The molecule has 0 heterocycles. The molecule has 1 N–H and O–H groups in total. The molecule has 0 amide bonds. The summed E-state index contributed by atoms with van der Waals surface area (Å²) in [5.41, 5.74) is 0. The van der Waals surface area contributed by atoms with Gasteiger partial charge in [-0.05, 0) is 12.1 Å². The second kappa shape index (κ2) is 4.61. The molecule has 0 aliphatic rings. The average molecular weight is 148 g/mol. The molecule has 0 saturated carbocycles. The molecular weight excluding hydrogens is 139 g/mol. The summed E-state index contributed by atoms with van der Waals surface area (Å²) in [5, 5.41) is 8.99. The van der Waals surface area contributed by atoms with Crippen LogP contribution in [-0.2, 0) is 0 Å². The van der Waals surface area contributed by atoms with Crippen LogP contribution in [0.15, 0.2) is 24.3 Å². The predicted molar refractivity (Wildman–Crippen MR) is 41.8 cm³/mol. The normalized spacial score (nSPS) is 8.10. The van der Waals surface area contributed by atoms with Gasteiger partial charge in [0.05, 0.1) is 7.11 Å². The SMILES string of the molecule is COc1ccccc1O.[NaH]. The van der Waals surface area contributed by atoms with Crippen molar-refractivity contribution in [3.8, 4) is 11.5 Å².